The molecule has 52 valence electrons. The van der Waals surface area contributed by atoms with Gasteiger partial charge in [0, 0.05) is 33.3 Å². The van der Waals surface area contributed by atoms with E-state index in [0.29, 0.717) is 0 Å². The molecule has 1 aromatic heterocycles. The maximum absolute atomic E-state index is 10.2. The van der Waals surface area contributed by atoms with E-state index >= 15 is 0 Å². The van der Waals surface area contributed by atoms with Crippen LogP contribution in [0.25, 0.3) is 0 Å². The second kappa shape index (κ2) is 3.40. The molecule has 9 heavy (non-hydrogen) atoms. The summed E-state index contributed by atoms with van der Waals surface area (Å²) in [6.07, 6.45) is 1.29. The number of hydrogen-bond donors (Lipinski definition) is 2. The summed E-state index contributed by atoms with van der Waals surface area (Å²) in [6.45, 7) is 0. The van der Waals surface area contributed by atoms with E-state index in [0.717, 1.165) is 0 Å². The normalized spacial score (nSPS) is 8.00. The number of H-pyrrole nitrogens is 2. The Bertz CT molecular complexity index is 251. The summed E-state index contributed by atoms with van der Waals surface area (Å²) in [7, 11) is 0. The van der Waals surface area contributed by atoms with Gasteiger partial charge in [0.05, 0.1) is 0 Å². The molecule has 1 aromatic rings. The van der Waals surface area contributed by atoms with Crippen LogP contribution in [0.15, 0.2) is 21.9 Å². The summed E-state index contributed by atoms with van der Waals surface area (Å²) in [6, 6.07) is 1.24. The molecule has 0 radical (unpaired) electrons. The van der Waals surface area contributed by atoms with Gasteiger partial charge >= 0.3 is 5.69 Å². The first-order chi connectivity index (χ1) is 3.79. The fourth-order valence-corrected chi connectivity index (χ4v) is 0.383. The Balaban J connectivity index is 0.000000640. The van der Waals surface area contributed by atoms with E-state index in [1.807, 2.05) is 4.98 Å². The van der Waals surface area contributed by atoms with Crippen LogP contribution in [-0.4, -0.2) is 9.97 Å². The van der Waals surface area contributed by atoms with Crippen molar-refractivity contribution in [3.63, 3.8) is 0 Å². The molecule has 0 bridgehead atoms. The van der Waals surface area contributed by atoms with Gasteiger partial charge in [-0.2, -0.15) is 0 Å². The van der Waals surface area contributed by atoms with Gasteiger partial charge in [-0.15, -0.1) is 0 Å². The minimum atomic E-state index is -0.475. The Kier molecular flexibility index (Phi) is 3.17. The molecule has 0 spiro atoms. The van der Waals surface area contributed by atoms with Crippen molar-refractivity contribution in [2.24, 2.45) is 0 Å². The van der Waals surface area contributed by atoms with Crippen LogP contribution in [0.5, 0.6) is 0 Å². The Morgan fingerprint density at radius 1 is 1.33 bits per heavy atom. The minimum absolute atomic E-state index is 0. The van der Waals surface area contributed by atoms with Gasteiger partial charge in [-0.3, -0.25) is 9.78 Å². The molecule has 2 N–H and O–H groups in total. The third-order valence-corrected chi connectivity index (χ3v) is 0.686. The number of rotatable bonds is 0. The third kappa shape index (κ3) is 2.42. The molecule has 0 aliphatic carbocycles. The van der Waals surface area contributed by atoms with Crippen LogP contribution in [0.1, 0.15) is 0 Å². The monoisotopic (exact) mass is 307 g/mol. The summed E-state index contributed by atoms with van der Waals surface area (Å²) in [4.78, 5) is 24.7. The zero-order valence-corrected chi connectivity index (χ0v) is 6.56. The summed E-state index contributed by atoms with van der Waals surface area (Å²) in [5, 5.41) is 0. The molecular formula is C4H4N2O2Pt. The Labute approximate surface area is 64.6 Å². The Morgan fingerprint density at radius 3 is 2.33 bits per heavy atom. The van der Waals surface area contributed by atoms with Crippen molar-refractivity contribution in [2.75, 3.05) is 0 Å². The largest absolute Gasteiger partial charge is 0.325 e. The first-order valence-corrected chi connectivity index (χ1v) is 2.07. The molecule has 0 amide bonds. The van der Waals surface area contributed by atoms with E-state index in [-0.39, 0.29) is 26.6 Å². The minimum Gasteiger partial charge on any atom is -0.314 e. The summed E-state index contributed by atoms with van der Waals surface area (Å²) in [5.41, 5.74) is -0.855. The Morgan fingerprint density at radius 2 is 2.00 bits per heavy atom. The van der Waals surface area contributed by atoms with Crippen LogP contribution in [-0.2, 0) is 21.1 Å². The van der Waals surface area contributed by atoms with Crippen molar-refractivity contribution in [3.8, 4) is 0 Å². The predicted molar refractivity (Wildman–Crippen MR) is 27.7 cm³/mol. The van der Waals surface area contributed by atoms with Gasteiger partial charge in [-0.25, -0.2) is 4.79 Å². The average Bonchev–Trinajstić information content (AvgIpc) is 1.64. The van der Waals surface area contributed by atoms with Crippen molar-refractivity contribution in [2.45, 2.75) is 0 Å². The molecule has 1 heterocycles. The fraction of sp³-hybridized carbons (Fsp3) is 0. The van der Waals surface area contributed by atoms with Crippen molar-refractivity contribution in [3.05, 3.63) is 33.1 Å². The number of nitrogens with one attached hydrogen (secondary N) is 2. The first kappa shape index (κ1) is 8.37. The van der Waals surface area contributed by atoms with E-state index in [4.69, 9.17) is 0 Å². The van der Waals surface area contributed by atoms with Crippen molar-refractivity contribution in [1.82, 2.24) is 9.97 Å². The van der Waals surface area contributed by atoms with Gasteiger partial charge < -0.3 is 4.98 Å². The molecule has 4 nitrogen and oxygen atoms in total. The molecule has 0 unspecified atom stereocenters. The van der Waals surface area contributed by atoms with Gasteiger partial charge in [0.1, 0.15) is 0 Å². The summed E-state index contributed by atoms with van der Waals surface area (Å²) in [5.74, 6) is 0. The zero-order valence-electron chi connectivity index (χ0n) is 4.29. The van der Waals surface area contributed by atoms with Crippen LogP contribution < -0.4 is 11.2 Å². The molecule has 0 atom stereocenters. The van der Waals surface area contributed by atoms with Gasteiger partial charge in [-0.1, -0.05) is 0 Å². The molecular weight excluding hydrogens is 303 g/mol. The summed E-state index contributed by atoms with van der Waals surface area (Å²) >= 11 is 0. The maximum atomic E-state index is 10.2. The number of aromatic amines is 2. The van der Waals surface area contributed by atoms with Crippen LogP contribution in [0.4, 0.5) is 0 Å². The van der Waals surface area contributed by atoms with Crippen LogP contribution in [0.2, 0.25) is 0 Å². The van der Waals surface area contributed by atoms with Gasteiger partial charge in [0.2, 0.25) is 0 Å². The van der Waals surface area contributed by atoms with Crippen molar-refractivity contribution in [1.29, 1.82) is 0 Å². The molecule has 0 saturated carbocycles. The second-order valence-corrected chi connectivity index (χ2v) is 1.30. The van der Waals surface area contributed by atoms with Gasteiger partial charge in [-0.05, 0) is 0 Å². The van der Waals surface area contributed by atoms with Gasteiger partial charge in [0.15, 0.2) is 0 Å². The Hall–Kier alpha value is -0.632. The third-order valence-electron chi connectivity index (χ3n) is 0.686. The topological polar surface area (TPSA) is 65.7 Å². The predicted octanol–water partition coefficient (Wildman–Crippen LogP) is -0.939. The molecule has 0 saturated heterocycles. The van der Waals surface area contributed by atoms with E-state index in [1.165, 1.54) is 12.3 Å². The quantitative estimate of drug-likeness (QED) is 0.650. The van der Waals surface area contributed by atoms with Crippen molar-refractivity contribution >= 4 is 0 Å². The van der Waals surface area contributed by atoms with E-state index < -0.39 is 5.69 Å². The standard InChI is InChI=1S/C4H4N2O2.Pt/c7-3-1-2-5-4(8)6-3;/h1-2H,(H2,5,6,7,8);. The zero-order chi connectivity index (χ0) is 5.98. The summed E-state index contributed by atoms with van der Waals surface area (Å²) < 4.78 is 0. The smallest absolute Gasteiger partial charge is 0.314 e. The van der Waals surface area contributed by atoms with Crippen LogP contribution in [0.3, 0.4) is 0 Å². The van der Waals surface area contributed by atoms with E-state index in [2.05, 4.69) is 4.98 Å². The average molecular weight is 307 g/mol. The van der Waals surface area contributed by atoms with E-state index in [9.17, 15) is 9.59 Å². The number of aromatic nitrogens is 2. The van der Waals surface area contributed by atoms with Crippen LogP contribution >= 0.6 is 0 Å². The number of hydrogen-bond acceptors (Lipinski definition) is 2. The van der Waals surface area contributed by atoms with Crippen LogP contribution in [0, 0.1) is 0 Å². The first-order valence-electron chi connectivity index (χ1n) is 2.07. The molecule has 0 aromatic carbocycles. The molecule has 1 rings (SSSR count). The fourth-order valence-electron chi connectivity index (χ4n) is 0.383. The molecule has 5 heteroatoms. The van der Waals surface area contributed by atoms with Crippen molar-refractivity contribution < 1.29 is 21.1 Å². The van der Waals surface area contributed by atoms with Gasteiger partial charge in [0.25, 0.3) is 5.56 Å². The molecule has 0 aliphatic rings. The SMILES string of the molecule is O=c1cc[nH]c(=O)[nH]1.[Pt]. The second-order valence-electron chi connectivity index (χ2n) is 1.30. The maximum Gasteiger partial charge on any atom is 0.325 e. The molecule has 0 fully saturated rings. The van der Waals surface area contributed by atoms with E-state index in [1.54, 1.807) is 0 Å². The molecule has 0 aliphatic heterocycles.